The molecule has 0 spiro atoms. The van der Waals surface area contributed by atoms with E-state index in [2.05, 4.69) is 27.0 Å². The number of carbonyl (C=O) groups is 1. The fraction of sp³-hybridized carbons (Fsp3) is 0.333. The van der Waals surface area contributed by atoms with Gasteiger partial charge < -0.3 is 19.0 Å². The molecule has 7 heteroatoms. The molecule has 1 aliphatic heterocycles. The Balaban J connectivity index is 1.45. The maximum Gasteiger partial charge on any atom is 0.230 e. The van der Waals surface area contributed by atoms with Crippen molar-refractivity contribution in [3.05, 3.63) is 60.7 Å². The van der Waals surface area contributed by atoms with Gasteiger partial charge >= 0.3 is 0 Å². The molecule has 2 aromatic heterocycles. The Morgan fingerprint density at radius 3 is 2.89 bits per heavy atom. The predicted molar refractivity (Wildman–Crippen MR) is 108 cm³/mol. The number of nitrogens with one attached hydrogen (secondary N) is 1. The van der Waals surface area contributed by atoms with Gasteiger partial charge in [0, 0.05) is 13.2 Å². The normalized spacial score (nSPS) is 16.4. The Labute approximate surface area is 168 Å². The van der Waals surface area contributed by atoms with Gasteiger partial charge in [-0.05, 0) is 30.5 Å². The van der Waals surface area contributed by atoms with E-state index in [1.807, 2.05) is 36.5 Å². The fourth-order valence-corrected chi connectivity index (χ4v) is 4.05. The summed E-state index contributed by atoms with van der Waals surface area (Å²) in [4.78, 5) is 16.8. The minimum absolute atomic E-state index is 0.00527. The van der Waals surface area contributed by atoms with Crippen LogP contribution in [0.1, 0.15) is 18.6 Å². The Morgan fingerprint density at radius 1 is 1.25 bits per heavy atom. The van der Waals surface area contributed by atoms with Crippen molar-refractivity contribution in [1.29, 1.82) is 0 Å². The number of furan rings is 1. The lowest BCUT2D eigenvalue weighted by Gasteiger charge is -2.12. The summed E-state index contributed by atoms with van der Waals surface area (Å²) in [6, 6.07) is 13.9. The average molecular weight is 398 g/mol. The van der Waals surface area contributed by atoms with Gasteiger partial charge in [-0.3, -0.25) is 4.79 Å². The molecule has 1 amide bonds. The summed E-state index contributed by atoms with van der Waals surface area (Å²) >= 11 is 1.43. The second kappa shape index (κ2) is 9.12. The van der Waals surface area contributed by atoms with Gasteiger partial charge in [0.2, 0.25) is 5.91 Å². The van der Waals surface area contributed by atoms with Crippen LogP contribution in [0.25, 0.3) is 11.3 Å². The SMILES string of the molecule is O=C(CSc1ncc(-c2ccccc2)n1Cc1ccco1)NC[C@H]1CCCO1. The fourth-order valence-electron chi connectivity index (χ4n) is 3.24. The van der Waals surface area contributed by atoms with Crippen LogP contribution in [-0.2, 0) is 16.1 Å². The monoisotopic (exact) mass is 397 g/mol. The van der Waals surface area contributed by atoms with Gasteiger partial charge in [-0.2, -0.15) is 0 Å². The van der Waals surface area contributed by atoms with Crippen LogP contribution in [0.5, 0.6) is 0 Å². The number of ether oxygens (including phenoxy) is 1. The Bertz CT molecular complexity index is 887. The third-order valence-corrected chi connectivity index (χ3v) is 5.66. The first kappa shape index (κ1) is 18.8. The van der Waals surface area contributed by atoms with Crippen molar-refractivity contribution in [1.82, 2.24) is 14.9 Å². The Morgan fingerprint density at radius 2 is 2.14 bits per heavy atom. The first-order valence-electron chi connectivity index (χ1n) is 9.44. The van der Waals surface area contributed by atoms with Gasteiger partial charge in [0.15, 0.2) is 5.16 Å². The average Bonchev–Trinajstić information content (AvgIpc) is 3.48. The van der Waals surface area contributed by atoms with Crippen LogP contribution in [0.4, 0.5) is 0 Å². The van der Waals surface area contributed by atoms with E-state index in [0.29, 0.717) is 18.8 Å². The number of imidazole rings is 1. The van der Waals surface area contributed by atoms with Crippen LogP contribution in [0.15, 0.2) is 64.5 Å². The van der Waals surface area contributed by atoms with E-state index >= 15 is 0 Å². The smallest absolute Gasteiger partial charge is 0.230 e. The van der Waals surface area contributed by atoms with Crippen molar-refractivity contribution in [3.8, 4) is 11.3 Å². The molecule has 4 rings (SSSR count). The quantitative estimate of drug-likeness (QED) is 0.589. The predicted octanol–water partition coefficient (Wildman–Crippen LogP) is 3.58. The summed E-state index contributed by atoms with van der Waals surface area (Å²) < 4.78 is 13.2. The van der Waals surface area contributed by atoms with Crippen molar-refractivity contribution in [2.75, 3.05) is 18.9 Å². The first-order valence-corrected chi connectivity index (χ1v) is 10.4. The molecule has 1 aliphatic rings. The lowest BCUT2D eigenvalue weighted by Crippen LogP contribution is -2.32. The zero-order valence-corrected chi connectivity index (χ0v) is 16.4. The van der Waals surface area contributed by atoms with Gasteiger partial charge in [0.25, 0.3) is 0 Å². The van der Waals surface area contributed by atoms with E-state index in [-0.39, 0.29) is 12.0 Å². The van der Waals surface area contributed by atoms with Gasteiger partial charge in [0.05, 0.1) is 36.6 Å². The van der Waals surface area contributed by atoms with E-state index in [4.69, 9.17) is 9.15 Å². The molecule has 3 aromatic rings. The molecule has 1 atom stereocenters. The van der Waals surface area contributed by atoms with Gasteiger partial charge in [0.1, 0.15) is 5.76 Å². The molecule has 1 fully saturated rings. The number of benzene rings is 1. The number of rotatable bonds is 8. The Kier molecular flexibility index (Phi) is 6.14. The maximum absolute atomic E-state index is 12.2. The minimum atomic E-state index is -0.00527. The summed E-state index contributed by atoms with van der Waals surface area (Å²) in [6.07, 6.45) is 5.76. The molecule has 1 aromatic carbocycles. The van der Waals surface area contributed by atoms with Crippen LogP contribution >= 0.6 is 11.8 Å². The maximum atomic E-state index is 12.2. The summed E-state index contributed by atoms with van der Waals surface area (Å²) in [6.45, 7) is 1.94. The van der Waals surface area contributed by atoms with Gasteiger partial charge in [-0.25, -0.2) is 4.98 Å². The largest absolute Gasteiger partial charge is 0.467 e. The highest BCUT2D eigenvalue weighted by Crippen LogP contribution is 2.27. The van der Waals surface area contributed by atoms with Crippen LogP contribution < -0.4 is 5.32 Å². The van der Waals surface area contributed by atoms with E-state index in [1.165, 1.54) is 11.8 Å². The van der Waals surface area contributed by atoms with Crippen molar-refractivity contribution < 1.29 is 13.9 Å². The molecule has 1 N–H and O–H groups in total. The minimum Gasteiger partial charge on any atom is -0.467 e. The number of carbonyl (C=O) groups excluding carboxylic acids is 1. The molecular weight excluding hydrogens is 374 g/mol. The number of hydrogen-bond acceptors (Lipinski definition) is 5. The van der Waals surface area contributed by atoms with Gasteiger partial charge in [-0.1, -0.05) is 42.1 Å². The highest BCUT2D eigenvalue weighted by molar-refractivity contribution is 7.99. The number of thioether (sulfide) groups is 1. The van der Waals surface area contributed by atoms with E-state index in [0.717, 1.165) is 41.6 Å². The molecule has 0 saturated carbocycles. The topological polar surface area (TPSA) is 69.3 Å². The van der Waals surface area contributed by atoms with Crippen molar-refractivity contribution in [2.45, 2.75) is 30.6 Å². The van der Waals surface area contributed by atoms with Crippen molar-refractivity contribution in [2.24, 2.45) is 0 Å². The Hall–Kier alpha value is -2.51. The molecule has 146 valence electrons. The molecule has 0 unspecified atom stereocenters. The lowest BCUT2D eigenvalue weighted by atomic mass is 10.2. The highest BCUT2D eigenvalue weighted by Gasteiger charge is 2.18. The van der Waals surface area contributed by atoms with E-state index in [1.54, 1.807) is 6.26 Å². The molecule has 6 nitrogen and oxygen atoms in total. The first-order chi connectivity index (χ1) is 13.8. The number of nitrogens with zero attached hydrogens (tertiary/aromatic N) is 2. The molecule has 0 radical (unpaired) electrons. The highest BCUT2D eigenvalue weighted by atomic mass is 32.2. The van der Waals surface area contributed by atoms with E-state index in [9.17, 15) is 4.79 Å². The lowest BCUT2D eigenvalue weighted by molar-refractivity contribution is -0.119. The molecule has 0 bridgehead atoms. The molecule has 3 heterocycles. The molecule has 0 aliphatic carbocycles. The van der Waals surface area contributed by atoms with Crippen LogP contribution in [0.2, 0.25) is 0 Å². The van der Waals surface area contributed by atoms with Crippen molar-refractivity contribution in [3.63, 3.8) is 0 Å². The second-order valence-electron chi connectivity index (χ2n) is 6.69. The third kappa shape index (κ3) is 4.66. The number of aromatic nitrogens is 2. The van der Waals surface area contributed by atoms with Crippen LogP contribution in [-0.4, -0.2) is 40.5 Å². The number of hydrogen-bond donors (Lipinski definition) is 1. The zero-order chi connectivity index (χ0) is 19.2. The second-order valence-corrected chi connectivity index (χ2v) is 7.63. The summed E-state index contributed by atoms with van der Waals surface area (Å²) in [5, 5.41) is 3.75. The molecular formula is C21H23N3O3S. The zero-order valence-electron chi connectivity index (χ0n) is 15.5. The van der Waals surface area contributed by atoms with Crippen LogP contribution in [0.3, 0.4) is 0 Å². The summed E-state index contributed by atoms with van der Waals surface area (Å²) in [7, 11) is 0. The van der Waals surface area contributed by atoms with Gasteiger partial charge in [-0.15, -0.1) is 0 Å². The summed E-state index contributed by atoms with van der Waals surface area (Å²) in [5.74, 6) is 1.16. The third-order valence-electron chi connectivity index (χ3n) is 4.67. The van der Waals surface area contributed by atoms with Crippen LogP contribution in [0, 0.1) is 0 Å². The van der Waals surface area contributed by atoms with Crippen molar-refractivity contribution >= 4 is 17.7 Å². The molecule has 1 saturated heterocycles. The molecule has 28 heavy (non-hydrogen) atoms. The van der Waals surface area contributed by atoms with E-state index < -0.39 is 0 Å². The summed E-state index contributed by atoms with van der Waals surface area (Å²) in [5.41, 5.74) is 2.08. The number of amides is 1. The standard InChI is InChI=1S/C21H23N3O3S/c25-20(22-12-17-8-4-10-26-17)15-28-21-23-13-19(16-6-2-1-3-7-16)24(21)14-18-9-5-11-27-18/h1-3,5-7,9,11,13,17H,4,8,10,12,14-15H2,(H,22,25)/t17-/m1/s1.